The third kappa shape index (κ3) is 3.53. The molecule has 2 rings (SSSR count). The molecule has 0 bridgehead atoms. The smallest absolute Gasteiger partial charge is 0.230 e. The Labute approximate surface area is 123 Å². The van der Waals surface area contributed by atoms with E-state index in [0.29, 0.717) is 18.6 Å². The van der Waals surface area contributed by atoms with Crippen molar-refractivity contribution in [3.63, 3.8) is 0 Å². The zero-order valence-electron chi connectivity index (χ0n) is 12.9. The average Bonchev–Trinajstić information content (AvgIpc) is 2.74. The normalized spacial score (nSPS) is 24.4. The maximum Gasteiger partial charge on any atom is 0.230 e. The van der Waals surface area contributed by atoms with Crippen molar-refractivity contribution in [1.29, 1.82) is 0 Å². The van der Waals surface area contributed by atoms with Gasteiger partial charge in [-0.15, -0.1) is 0 Å². The molecule has 0 spiro atoms. The number of carbonyl (C=O) groups excluding carboxylic acids is 1. The quantitative estimate of drug-likeness (QED) is 0.805. The Hall–Kier alpha value is -0.610. The van der Waals surface area contributed by atoms with Gasteiger partial charge in [-0.1, -0.05) is 25.7 Å². The van der Waals surface area contributed by atoms with E-state index in [0.717, 1.165) is 58.2 Å². The molecule has 116 valence electrons. The van der Waals surface area contributed by atoms with Crippen molar-refractivity contribution in [2.45, 2.75) is 64.4 Å². The largest absolute Gasteiger partial charge is 0.378 e. The maximum absolute atomic E-state index is 12.9. The number of nitrogens with two attached hydrogens (primary N) is 1. The van der Waals surface area contributed by atoms with Crippen LogP contribution in [0.5, 0.6) is 0 Å². The lowest BCUT2D eigenvalue weighted by Gasteiger charge is -2.39. The minimum Gasteiger partial charge on any atom is -0.378 e. The first-order valence-corrected chi connectivity index (χ1v) is 8.33. The van der Waals surface area contributed by atoms with E-state index in [-0.39, 0.29) is 5.41 Å². The van der Waals surface area contributed by atoms with Crippen LogP contribution in [-0.4, -0.2) is 43.2 Å². The number of ether oxygens (including phenoxy) is 1. The molecule has 1 aliphatic heterocycles. The summed E-state index contributed by atoms with van der Waals surface area (Å²) in [6.45, 7) is 4.99. The molecule has 2 aliphatic rings. The van der Waals surface area contributed by atoms with Crippen molar-refractivity contribution < 1.29 is 9.53 Å². The number of likely N-dealkylation sites (tertiary alicyclic amines) is 1. The van der Waals surface area contributed by atoms with Crippen molar-refractivity contribution in [3.8, 4) is 0 Å². The van der Waals surface area contributed by atoms with Gasteiger partial charge in [0.2, 0.25) is 5.91 Å². The monoisotopic (exact) mass is 282 g/mol. The summed E-state index contributed by atoms with van der Waals surface area (Å²) in [6.07, 6.45) is 9.05. The lowest BCUT2D eigenvalue weighted by molar-refractivity contribution is -0.145. The lowest BCUT2D eigenvalue weighted by Crippen LogP contribution is -2.51. The second-order valence-corrected chi connectivity index (χ2v) is 6.35. The van der Waals surface area contributed by atoms with E-state index in [4.69, 9.17) is 10.5 Å². The fourth-order valence-corrected chi connectivity index (χ4v) is 3.71. The first kappa shape index (κ1) is 15.8. The molecule has 0 atom stereocenters. The molecule has 1 aliphatic carbocycles. The van der Waals surface area contributed by atoms with E-state index < -0.39 is 0 Å². The van der Waals surface area contributed by atoms with Crippen LogP contribution < -0.4 is 5.73 Å². The van der Waals surface area contributed by atoms with E-state index >= 15 is 0 Å². The molecule has 0 aromatic rings. The summed E-state index contributed by atoms with van der Waals surface area (Å²) in [5.41, 5.74) is 5.75. The van der Waals surface area contributed by atoms with Crippen LogP contribution >= 0.6 is 0 Å². The minimum absolute atomic E-state index is 0.269. The molecule has 1 heterocycles. The van der Waals surface area contributed by atoms with Gasteiger partial charge in [-0.2, -0.15) is 0 Å². The van der Waals surface area contributed by atoms with Crippen LogP contribution in [0, 0.1) is 5.41 Å². The van der Waals surface area contributed by atoms with E-state index in [1.54, 1.807) is 0 Å². The van der Waals surface area contributed by atoms with Gasteiger partial charge in [0.25, 0.3) is 0 Å². The molecule has 1 saturated carbocycles. The van der Waals surface area contributed by atoms with Gasteiger partial charge in [0, 0.05) is 26.2 Å². The molecule has 0 aromatic heterocycles. The molecule has 0 unspecified atom stereocenters. The van der Waals surface area contributed by atoms with Crippen LogP contribution in [0.1, 0.15) is 58.3 Å². The maximum atomic E-state index is 12.9. The van der Waals surface area contributed by atoms with E-state index in [2.05, 4.69) is 0 Å². The molecule has 1 amide bonds. The minimum atomic E-state index is -0.269. The van der Waals surface area contributed by atoms with Crippen molar-refractivity contribution in [2.75, 3.05) is 26.2 Å². The van der Waals surface area contributed by atoms with Gasteiger partial charge in [0.05, 0.1) is 11.5 Å². The molecule has 20 heavy (non-hydrogen) atoms. The Balaban J connectivity index is 1.95. The fourth-order valence-electron chi connectivity index (χ4n) is 3.71. The zero-order chi connectivity index (χ0) is 14.4. The number of piperidine rings is 1. The number of amides is 1. The van der Waals surface area contributed by atoms with Gasteiger partial charge in [-0.05, 0) is 32.6 Å². The van der Waals surface area contributed by atoms with Crippen molar-refractivity contribution in [3.05, 3.63) is 0 Å². The molecule has 4 heteroatoms. The van der Waals surface area contributed by atoms with Gasteiger partial charge >= 0.3 is 0 Å². The van der Waals surface area contributed by atoms with Gasteiger partial charge in [0.15, 0.2) is 0 Å². The fraction of sp³-hybridized carbons (Fsp3) is 0.938. The highest BCUT2D eigenvalue weighted by atomic mass is 16.5. The first-order chi connectivity index (χ1) is 9.72. The predicted octanol–water partition coefficient (Wildman–Crippen LogP) is 2.31. The van der Waals surface area contributed by atoms with Crippen LogP contribution in [-0.2, 0) is 9.53 Å². The van der Waals surface area contributed by atoms with Gasteiger partial charge in [-0.3, -0.25) is 4.79 Å². The molecule has 0 aromatic carbocycles. The van der Waals surface area contributed by atoms with E-state index in [9.17, 15) is 4.79 Å². The van der Waals surface area contributed by atoms with Crippen LogP contribution in [0.15, 0.2) is 0 Å². The Bertz CT molecular complexity index is 304. The summed E-state index contributed by atoms with van der Waals surface area (Å²) in [5.74, 6) is 0.317. The van der Waals surface area contributed by atoms with E-state index in [1.165, 1.54) is 12.8 Å². The van der Waals surface area contributed by atoms with Crippen LogP contribution in [0.25, 0.3) is 0 Å². The molecule has 1 saturated heterocycles. The molecule has 2 fully saturated rings. The average molecular weight is 282 g/mol. The van der Waals surface area contributed by atoms with Crippen molar-refractivity contribution >= 4 is 5.91 Å². The zero-order valence-corrected chi connectivity index (χ0v) is 12.9. The van der Waals surface area contributed by atoms with Crippen LogP contribution in [0.3, 0.4) is 0 Å². The van der Waals surface area contributed by atoms with E-state index in [1.807, 2.05) is 11.8 Å². The molecular formula is C16H30N2O2. The third-order valence-electron chi connectivity index (χ3n) is 5.04. The Morgan fingerprint density at radius 2 is 1.80 bits per heavy atom. The topological polar surface area (TPSA) is 55.6 Å². The summed E-state index contributed by atoms with van der Waals surface area (Å²) in [4.78, 5) is 15.0. The number of hydrogen-bond acceptors (Lipinski definition) is 3. The molecule has 4 nitrogen and oxygen atoms in total. The highest BCUT2D eigenvalue weighted by Crippen LogP contribution is 2.36. The van der Waals surface area contributed by atoms with Gasteiger partial charge in [0.1, 0.15) is 0 Å². The third-order valence-corrected chi connectivity index (χ3v) is 5.04. The summed E-state index contributed by atoms with van der Waals surface area (Å²) < 4.78 is 5.67. The summed E-state index contributed by atoms with van der Waals surface area (Å²) >= 11 is 0. The Morgan fingerprint density at radius 3 is 2.30 bits per heavy atom. The van der Waals surface area contributed by atoms with Crippen LogP contribution in [0.2, 0.25) is 0 Å². The summed E-state index contributed by atoms with van der Waals surface area (Å²) in [6, 6.07) is 0. The highest BCUT2D eigenvalue weighted by Gasteiger charge is 2.40. The number of nitrogens with zero attached hydrogens (tertiary/aromatic N) is 1. The SMILES string of the molecule is CCOC1CCN(C(=O)C2(CN)CCCCCC2)CC1. The second kappa shape index (κ2) is 7.41. The summed E-state index contributed by atoms with van der Waals surface area (Å²) in [7, 11) is 0. The molecular weight excluding hydrogens is 252 g/mol. The molecule has 0 radical (unpaired) electrons. The predicted molar refractivity (Wildman–Crippen MR) is 80.4 cm³/mol. The van der Waals surface area contributed by atoms with Crippen molar-refractivity contribution in [2.24, 2.45) is 11.1 Å². The van der Waals surface area contributed by atoms with Gasteiger partial charge < -0.3 is 15.4 Å². The van der Waals surface area contributed by atoms with Crippen LogP contribution in [0.4, 0.5) is 0 Å². The Kier molecular flexibility index (Phi) is 5.85. The second-order valence-electron chi connectivity index (χ2n) is 6.35. The first-order valence-electron chi connectivity index (χ1n) is 8.33. The Morgan fingerprint density at radius 1 is 1.20 bits per heavy atom. The highest BCUT2D eigenvalue weighted by molar-refractivity contribution is 5.83. The standard InChI is InChI=1S/C16H30N2O2/c1-2-20-14-7-11-18(12-8-14)15(19)16(13-17)9-5-3-4-6-10-16/h14H,2-13,17H2,1H3. The number of rotatable bonds is 4. The van der Waals surface area contributed by atoms with Crippen molar-refractivity contribution in [1.82, 2.24) is 4.90 Å². The summed E-state index contributed by atoms with van der Waals surface area (Å²) in [5, 5.41) is 0. The number of carbonyl (C=O) groups is 1. The van der Waals surface area contributed by atoms with Gasteiger partial charge in [-0.25, -0.2) is 0 Å². The lowest BCUT2D eigenvalue weighted by atomic mass is 9.78. The molecule has 2 N–H and O–H groups in total. The number of hydrogen-bond donors (Lipinski definition) is 1.